The number of benzene rings is 1. The van der Waals surface area contributed by atoms with Crippen molar-refractivity contribution in [2.24, 2.45) is 0 Å². The van der Waals surface area contributed by atoms with E-state index in [4.69, 9.17) is 17.4 Å². The van der Waals surface area contributed by atoms with Crippen LogP contribution in [0.5, 0.6) is 0 Å². The maximum absolute atomic E-state index is 6.30. The van der Waals surface area contributed by atoms with Crippen LogP contribution in [0.2, 0.25) is 5.15 Å². The summed E-state index contributed by atoms with van der Waals surface area (Å²) in [5.74, 6) is 7.40. The van der Waals surface area contributed by atoms with Crippen LogP contribution in [0.4, 0.5) is 0 Å². The van der Waals surface area contributed by atoms with Gasteiger partial charge in [0, 0.05) is 16.7 Å². The molecule has 0 bridgehead atoms. The standard InChI is InChI=1S/C16H12ClN5S2/c17-14-11(8-10-4-1-2-5-12(10)19-14)9-24-16-21-20-15(22(16)18)13-6-3-7-23-13/h1-8H,9,18H2. The number of para-hydroxylation sites is 1. The molecular formula is C16H12ClN5S2. The van der Waals surface area contributed by atoms with Crippen molar-refractivity contribution in [2.45, 2.75) is 10.9 Å². The summed E-state index contributed by atoms with van der Waals surface area (Å²) in [7, 11) is 0. The summed E-state index contributed by atoms with van der Waals surface area (Å²) in [4.78, 5) is 5.42. The molecule has 120 valence electrons. The van der Waals surface area contributed by atoms with Crippen LogP contribution in [0.25, 0.3) is 21.6 Å². The van der Waals surface area contributed by atoms with Crippen molar-refractivity contribution in [3.05, 3.63) is 58.6 Å². The second-order valence-corrected chi connectivity index (χ2v) is 7.32. The number of hydrogen-bond donors (Lipinski definition) is 1. The Bertz CT molecular complexity index is 997. The van der Waals surface area contributed by atoms with Gasteiger partial charge in [-0.25, -0.2) is 9.66 Å². The lowest BCUT2D eigenvalue weighted by Gasteiger charge is -2.06. The highest BCUT2D eigenvalue weighted by molar-refractivity contribution is 7.98. The molecule has 5 nitrogen and oxygen atoms in total. The van der Waals surface area contributed by atoms with Crippen LogP contribution in [-0.4, -0.2) is 19.9 Å². The van der Waals surface area contributed by atoms with Gasteiger partial charge in [0.25, 0.3) is 0 Å². The molecule has 24 heavy (non-hydrogen) atoms. The van der Waals surface area contributed by atoms with Gasteiger partial charge in [0.2, 0.25) is 5.16 Å². The maximum Gasteiger partial charge on any atom is 0.210 e. The fraction of sp³-hybridized carbons (Fsp3) is 0.0625. The number of aromatic nitrogens is 4. The van der Waals surface area contributed by atoms with Crippen molar-refractivity contribution >= 4 is 45.6 Å². The number of nitrogen functional groups attached to an aromatic ring is 1. The first-order valence-electron chi connectivity index (χ1n) is 7.14. The minimum absolute atomic E-state index is 0.503. The van der Waals surface area contributed by atoms with E-state index in [9.17, 15) is 0 Å². The van der Waals surface area contributed by atoms with Crippen LogP contribution in [0.3, 0.4) is 0 Å². The van der Waals surface area contributed by atoms with Crippen molar-refractivity contribution in [1.29, 1.82) is 0 Å². The van der Waals surface area contributed by atoms with Gasteiger partial charge in [-0.05, 0) is 23.6 Å². The van der Waals surface area contributed by atoms with Gasteiger partial charge >= 0.3 is 0 Å². The van der Waals surface area contributed by atoms with E-state index in [1.807, 2.05) is 41.8 Å². The Hall–Kier alpha value is -2.09. The molecule has 0 unspecified atom stereocenters. The fourth-order valence-electron chi connectivity index (χ4n) is 2.33. The average molecular weight is 374 g/mol. The van der Waals surface area contributed by atoms with E-state index in [-0.39, 0.29) is 0 Å². The van der Waals surface area contributed by atoms with Crippen LogP contribution >= 0.6 is 34.7 Å². The van der Waals surface area contributed by atoms with Crippen molar-refractivity contribution in [2.75, 3.05) is 5.84 Å². The minimum atomic E-state index is 0.503. The molecule has 0 saturated heterocycles. The summed E-state index contributed by atoms with van der Waals surface area (Å²) >= 11 is 9.36. The molecule has 0 aliphatic carbocycles. The third-order valence-electron chi connectivity index (χ3n) is 3.51. The number of hydrogen-bond acceptors (Lipinski definition) is 6. The summed E-state index contributed by atoms with van der Waals surface area (Å²) in [6, 6.07) is 13.9. The molecule has 3 heterocycles. The Kier molecular flexibility index (Phi) is 4.13. The Morgan fingerprint density at radius 3 is 2.88 bits per heavy atom. The van der Waals surface area contributed by atoms with Gasteiger partial charge in [-0.1, -0.05) is 47.6 Å². The normalized spacial score (nSPS) is 11.2. The molecule has 3 aromatic heterocycles. The molecule has 0 aliphatic heterocycles. The molecule has 0 atom stereocenters. The Morgan fingerprint density at radius 2 is 2.04 bits per heavy atom. The molecule has 4 aromatic rings. The number of rotatable bonds is 4. The molecule has 2 N–H and O–H groups in total. The molecule has 0 radical (unpaired) electrons. The van der Waals surface area contributed by atoms with E-state index in [2.05, 4.69) is 21.2 Å². The Labute approximate surface area is 151 Å². The van der Waals surface area contributed by atoms with Gasteiger partial charge in [0.15, 0.2) is 5.82 Å². The number of halogens is 1. The first-order chi connectivity index (χ1) is 11.7. The summed E-state index contributed by atoms with van der Waals surface area (Å²) in [6.07, 6.45) is 0. The summed E-state index contributed by atoms with van der Waals surface area (Å²) < 4.78 is 1.51. The lowest BCUT2D eigenvalue weighted by atomic mass is 10.2. The molecule has 4 rings (SSSR count). The fourth-order valence-corrected chi connectivity index (χ4v) is 4.15. The second kappa shape index (κ2) is 6.43. The van der Waals surface area contributed by atoms with Gasteiger partial charge in [0.05, 0.1) is 10.4 Å². The molecule has 0 fully saturated rings. The number of nitrogens with two attached hydrogens (primary N) is 1. The zero-order valence-corrected chi connectivity index (χ0v) is 14.8. The summed E-state index contributed by atoms with van der Waals surface area (Å²) in [5, 5.41) is 12.5. The number of thiophene rings is 1. The molecule has 1 aromatic carbocycles. The molecule has 0 aliphatic rings. The smallest absolute Gasteiger partial charge is 0.210 e. The minimum Gasteiger partial charge on any atom is -0.335 e. The lowest BCUT2D eigenvalue weighted by Crippen LogP contribution is -2.11. The van der Waals surface area contributed by atoms with Gasteiger partial charge in [-0.2, -0.15) is 0 Å². The van der Waals surface area contributed by atoms with Crippen LogP contribution < -0.4 is 5.84 Å². The van der Waals surface area contributed by atoms with Crippen LogP contribution in [0.1, 0.15) is 5.56 Å². The van der Waals surface area contributed by atoms with Crippen LogP contribution in [-0.2, 0) is 5.75 Å². The highest BCUT2D eigenvalue weighted by Crippen LogP contribution is 2.29. The second-order valence-electron chi connectivity index (χ2n) is 5.07. The van der Waals surface area contributed by atoms with Crippen molar-refractivity contribution in [3.63, 3.8) is 0 Å². The zero-order valence-electron chi connectivity index (χ0n) is 12.4. The largest absolute Gasteiger partial charge is 0.335 e. The monoisotopic (exact) mass is 373 g/mol. The Morgan fingerprint density at radius 1 is 1.17 bits per heavy atom. The summed E-state index contributed by atoms with van der Waals surface area (Å²) in [6.45, 7) is 0. The predicted molar refractivity (Wildman–Crippen MR) is 99.8 cm³/mol. The van der Waals surface area contributed by atoms with E-state index >= 15 is 0 Å². The van der Waals surface area contributed by atoms with Gasteiger partial charge < -0.3 is 5.84 Å². The maximum atomic E-state index is 6.30. The zero-order chi connectivity index (χ0) is 16.5. The first-order valence-corrected chi connectivity index (χ1v) is 9.38. The van der Waals surface area contributed by atoms with Gasteiger partial charge in [0.1, 0.15) is 5.15 Å². The van der Waals surface area contributed by atoms with E-state index in [1.165, 1.54) is 16.4 Å². The highest BCUT2D eigenvalue weighted by atomic mass is 35.5. The Balaban J connectivity index is 1.58. The SMILES string of the molecule is Nn1c(SCc2cc3ccccc3nc2Cl)nnc1-c1cccs1. The van der Waals surface area contributed by atoms with E-state index < -0.39 is 0 Å². The quantitative estimate of drug-likeness (QED) is 0.329. The van der Waals surface area contributed by atoms with Crippen molar-refractivity contribution < 1.29 is 0 Å². The predicted octanol–water partition coefficient (Wildman–Crippen LogP) is 4.21. The molecule has 8 heteroatoms. The number of pyridine rings is 1. The van der Waals surface area contributed by atoms with Gasteiger partial charge in [-0.15, -0.1) is 21.5 Å². The van der Waals surface area contributed by atoms with Crippen molar-refractivity contribution in [3.8, 4) is 10.7 Å². The van der Waals surface area contributed by atoms with E-state index in [0.29, 0.717) is 21.9 Å². The molecular weight excluding hydrogens is 362 g/mol. The van der Waals surface area contributed by atoms with E-state index in [0.717, 1.165) is 21.3 Å². The number of nitrogens with zero attached hydrogens (tertiary/aromatic N) is 4. The highest BCUT2D eigenvalue weighted by Gasteiger charge is 2.14. The molecule has 0 spiro atoms. The number of fused-ring (bicyclic) bond motifs is 1. The van der Waals surface area contributed by atoms with Crippen LogP contribution in [0.15, 0.2) is 53.0 Å². The molecule has 0 saturated carbocycles. The van der Waals surface area contributed by atoms with Crippen LogP contribution in [0, 0.1) is 0 Å². The van der Waals surface area contributed by atoms with Gasteiger partial charge in [-0.3, -0.25) is 0 Å². The summed E-state index contributed by atoms with van der Waals surface area (Å²) in [5.41, 5.74) is 1.83. The third-order valence-corrected chi connectivity index (χ3v) is 5.70. The topological polar surface area (TPSA) is 69.6 Å². The number of thioether (sulfide) groups is 1. The van der Waals surface area contributed by atoms with E-state index in [1.54, 1.807) is 11.3 Å². The lowest BCUT2D eigenvalue weighted by molar-refractivity contribution is 0.850. The average Bonchev–Trinajstić information content (AvgIpc) is 3.23. The first kappa shape index (κ1) is 15.4. The van der Waals surface area contributed by atoms with Crippen molar-refractivity contribution in [1.82, 2.24) is 19.9 Å². The third kappa shape index (κ3) is 2.86. The molecule has 0 amide bonds.